The second kappa shape index (κ2) is 6.04. The maximum absolute atomic E-state index is 12.4. The molecule has 0 radical (unpaired) electrons. The van der Waals surface area contributed by atoms with Crippen LogP contribution in [0, 0.1) is 5.92 Å². The largest absolute Gasteiger partial charge is 0.507 e. The molecule has 1 unspecified atom stereocenters. The molecule has 0 saturated heterocycles. The first-order chi connectivity index (χ1) is 12.7. The van der Waals surface area contributed by atoms with Crippen LogP contribution >= 0.6 is 0 Å². The van der Waals surface area contributed by atoms with Crippen molar-refractivity contribution >= 4 is 11.7 Å². The summed E-state index contributed by atoms with van der Waals surface area (Å²) >= 11 is 0. The third kappa shape index (κ3) is 2.69. The number of aliphatic hydroxyl groups is 1. The van der Waals surface area contributed by atoms with Crippen LogP contribution in [0.5, 0.6) is 5.75 Å². The van der Waals surface area contributed by atoms with Gasteiger partial charge in [0.1, 0.15) is 11.5 Å². The SMILES string of the molecule is CN(CC1CC1)[C@@H]1Cc2ccc(C(N)=O)c(O)c2C2(C)CC(=O)CC[C@@]12O. The second-order valence-electron chi connectivity index (χ2n) is 8.93. The summed E-state index contributed by atoms with van der Waals surface area (Å²) in [5, 5.41) is 22.8. The van der Waals surface area contributed by atoms with Crippen molar-refractivity contribution in [2.75, 3.05) is 13.6 Å². The molecular weight excluding hydrogens is 344 g/mol. The Bertz CT molecular complexity index is 819. The minimum atomic E-state index is -1.15. The lowest BCUT2D eigenvalue weighted by Crippen LogP contribution is -2.68. The number of benzene rings is 1. The van der Waals surface area contributed by atoms with Gasteiger partial charge in [-0.1, -0.05) is 13.0 Å². The number of ketones is 1. The van der Waals surface area contributed by atoms with E-state index < -0.39 is 16.9 Å². The molecule has 6 heteroatoms. The Kier molecular flexibility index (Phi) is 4.13. The summed E-state index contributed by atoms with van der Waals surface area (Å²) in [6.45, 7) is 2.78. The van der Waals surface area contributed by atoms with Gasteiger partial charge in [0.15, 0.2) is 0 Å². The monoisotopic (exact) mass is 372 g/mol. The summed E-state index contributed by atoms with van der Waals surface area (Å²) in [4.78, 5) is 26.3. The number of hydrogen-bond donors (Lipinski definition) is 3. The number of nitrogens with zero attached hydrogens (tertiary/aromatic N) is 1. The molecule has 0 aromatic heterocycles. The standard InChI is InChI=1S/C21H28N2O4/c1-20-10-14(24)7-8-21(20,27)16(23(2)11-12-3-4-12)9-13-5-6-15(19(22)26)18(25)17(13)20/h5-6,12,16,25,27H,3-4,7-11H2,1-2H3,(H2,22,26)/t16-,20?,21-/m1/s1. The number of carbonyl (C=O) groups excluding carboxylic acids is 2. The molecule has 3 atom stereocenters. The minimum absolute atomic E-state index is 0.0418. The molecule has 0 bridgehead atoms. The van der Waals surface area contributed by atoms with Crippen LogP contribution in [0.3, 0.4) is 0 Å². The average molecular weight is 372 g/mol. The molecule has 1 aromatic carbocycles. The summed E-state index contributed by atoms with van der Waals surface area (Å²) in [6.07, 6.45) is 3.88. The molecule has 6 nitrogen and oxygen atoms in total. The van der Waals surface area contributed by atoms with Crippen molar-refractivity contribution in [3.63, 3.8) is 0 Å². The fourth-order valence-electron chi connectivity index (χ4n) is 5.43. The topological polar surface area (TPSA) is 104 Å². The van der Waals surface area contributed by atoms with Gasteiger partial charge in [0.25, 0.3) is 5.91 Å². The third-order valence-corrected chi connectivity index (χ3v) is 7.11. The predicted molar refractivity (Wildman–Crippen MR) is 101 cm³/mol. The number of primary amides is 1. The van der Waals surface area contributed by atoms with E-state index in [1.807, 2.05) is 20.0 Å². The van der Waals surface area contributed by atoms with Gasteiger partial charge in [-0.2, -0.15) is 0 Å². The maximum Gasteiger partial charge on any atom is 0.252 e. The van der Waals surface area contributed by atoms with Crippen LogP contribution in [0.25, 0.3) is 0 Å². The van der Waals surface area contributed by atoms with Crippen molar-refractivity contribution in [2.45, 2.75) is 62.5 Å². The third-order valence-electron chi connectivity index (χ3n) is 7.11. The van der Waals surface area contributed by atoms with Gasteiger partial charge in [-0.05, 0) is 50.3 Å². The lowest BCUT2D eigenvalue weighted by molar-refractivity contribution is -0.149. The average Bonchev–Trinajstić information content (AvgIpc) is 3.39. The first kappa shape index (κ1) is 18.4. The van der Waals surface area contributed by atoms with Crippen molar-refractivity contribution in [3.05, 3.63) is 28.8 Å². The Morgan fingerprint density at radius 3 is 2.70 bits per heavy atom. The highest BCUT2D eigenvalue weighted by molar-refractivity contribution is 5.96. The molecule has 27 heavy (non-hydrogen) atoms. The number of likely N-dealkylation sites (N-methyl/N-ethyl adjacent to an activating group) is 1. The highest BCUT2D eigenvalue weighted by Crippen LogP contribution is 2.55. The van der Waals surface area contributed by atoms with E-state index in [2.05, 4.69) is 4.90 Å². The molecule has 1 amide bonds. The van der Waals surface area contributed by atoms with Gasteiger partial charge in [0, 0.05) is 36.4 Å². The van der Waals surface area contributed by atoms with Gasteiger partial charge in [-0.15, -0.1) is 0 Å². The molecule has 0 spiro atoms. The molecule has 0 heterocycles. The first-order valence-corrected chi connectivity index (χ1v) is 9.77. The molecule has 1 aromatic rings. The van der Waals surface area contributed by atoms with Crippen molar-refractivity contribution in [3.8, 4) is 5.75 Å². The fraction of sp³-hybridized carbons (Fsp3) is 0.619. The second-order valence-corrected chi connectivity index (χ2v) is 8.93. The van der Waals surface area contributed by atoms with Crippen LogP contribution in [0.1, 0.15) is 60.5 Å². The smallest absolute Gasteiger partial charge is 0.252 e. The molecule has 4 N–H and O–H groups in total. The van der Waals surface area contributed by atoms with E-state index in [0.717, 1.165) is 12.1 Å². The zero-order valence-corrected chi connectivity index (χ0v) is 16.0. The number of nitrogens with two attached hydrogens (primary N) is 1. The Morgan fingerprint density at radius 1 is 1.37 bits per heavy atom. The summed E-state index contributed by atoms with van der Waals surface area (Å²) in [6, 6.07) is 3.23. The van der Waals surface area contributed by atoms with Gasteiger partial charge in [0.05, 0.1) is 11.2 Å². The van der Waals surface area contributed by atoms with Gasteiger partial charge < -0.3 is 15.9 Å². The Morgan fingerprint density at radius 2 is 2.07 bits per heavy atom. The lowest BCUT2D eigenvalue weighted by Gasteiger charge is -2.58. The molecular formula is C21H28N2O4. The number of fused-ring (bicyclic) bond motifs is 3. The van der Waals surface area contributed by atoms with Crippen LogP contribution in [0.4, 0.5) is 0 Å². The van der Waals surface area contributed by atoms with Crippen LogP contribution in [0.2, 0.25) is 0 Å². The van der Waals surface area contributed by atoms with E-state index in [9.17, 15) is 19.8 Å². The normalized spacial score (nSPS) is 32.9. The quantitative estimate of drug-likeness (QED) is 0.743. The van der Waals surface area contributed by atoms with E-state index >= 15 is 0 Å². The molecule has 146 valence electrons. The number of rotatable bonds is 4. The molecule has 4 rings (SSSR count). The summed E-state index contributed by atoms with van der Waals surface area (Å²) < 4.78 is 0. The van der Waals surface area contributed by atoms with Crippen LogP contribution in [-0.2, 0) is 16.6 Å². The van der Waals surface area contributed by atoms with E-state index in [1.54, 1.807) is 6.07 Å². The van der Waals surface area contributed by atoms with Crippen LogP contribution in [-0.4, -0.2) is 52.0 Å². The van der Waals surface area contributed by atoms with E-state index in [0.29, 0.717) is 30.7 Å². The van der Waals surface area contributed by atoms with E-state index in [4.69, 9.17) is 5.73 Å². The number of carbonyl (C=O) groups is 2. The van der Waals surface area contributed by atoms with E-state index in [-0.39, 0.29) is 29.6 Å². The van der Waals surface area contributed by atoms with Crippen molar-refractivity contribution < 1.29 is 19.8 Å². The fourth-order valence-corrected chi connectivity index (χ4v) is 5.43. The molecule has 2 fully saturated rings. The molecule has 3 aliphatic carbocycles. The highest BCUT2D eigenvalue weighted by Gasteiger charge is 2.61. The van der Waals surface area contributed by atoms with Crippen LogP contribution in [0.15, 0.2) is 12.1 Å². The number of aromatic hydroxyl groups is 1. The summed E-state index contributed by atoms with van der Waals surface area (Å²) in [5.74, 6) is -0.138. The van der Waals surface area contributed by atoms with Gasteiger partial charge in [-0.3, -0.25) is 14.5 Å². The number of phenols is 1. The van der Waals surface area contributed by atoms with Gasteiger partial charge >= 0.3 is 0 Å². The Labute approximate surface area is 159 Å². The van der Waals surface area contributed by atoms with Crippen molar-refractivity contribution in [2.24, 2.45) is 11.7 Å². The van der Waals surface area contributed by atoms with Gasteiger partial charge in [-0.25, -0.2) is 0 Å². The minimum Gasteiger partial charge on any atom is -0.507 e. The van der Waals surface area contributed by atoms with Gasteiger partial charge in [0.2, 0.25) is 0 Å². The number of Topliss-reactive ketones (excluding diaryl/α,β-unsaturated/α-hetero) is 1. The number of hydrogen-bond acceptors (Lipinski definition) is 5. The van der Waals surface area contributed by atoms with Crippen molar-refractivity contribution in [1.82, 2.24) is 4.90 Å². The lowest BCUT2D eigenvalue weighted by atomic mass is 9.52. The van der Waals surface area contributed by atoms with E-state index in [1.165, 1.54) is 12.8 Å². The van der Waals surface area contributed by atoms with Crippen LogP contribution < -0.4 is 5.73 Å². The molecule has 3 aliphatic rings. The first-order valence-electron chi connectivity index (χ1n) is 9.77. The molecule has 0 aliphatic heterocycles. The van der Waals surface area contributed by atoms with Crippen molar-refractivity contribution in [1.29, 1.82) is 0 Å². The number of amides is 1. The Hall–Kier alpha value is -1.92. The zero-order valence-electron chi connectivity index (χ0n) is 16.0. The summed E-state index contributed by atoms with van der Waals surface area (Å²) in [7, 11) is 2.04. The maximum atomic E-state index is 12.4. The highest BCUT2D eigenvalue weighted by atomic mass is 16.3. The summed E-state index contributed by atoms with van der Waals surface area (Å²) in [5.41, 5.74) is 4.76. The zero-order chi connectivity index (χ0) is 19.6. The molecule has 2 saturated carbocycles. The Balaban J connectivity index is 1.87. The predicted octanol–water partition coefficient (Wildman–Crippen LogP) is 1.50.